The van der Waals surface area contributed by atoms with Crippen molar-refractivity contribution >= 4 is 5.69 Å². The van der Waals surface area contributed by atoms with Crippen LogP contribution in [0.3, 0.4) is 0 Å². The van der Waals surface area contributed by atoms with Gasteiger partial charge in [-0.25, -0.2) is 0 Å². The van der Waals surface area contributed by atoms with Gasteiger partial charge in [-0.3, -0.25) is 4.90 Å². The van der Waals surface area contributed by atoms with Crippen LogP contribution in [0.2, 0.25) is 0 Å². The van der Waals surface area contributed by atoms with Crippen molar-refractivity contribution in [2.45, 2.75) is 6.42 Å². The van der Waals surface area contributed by atoms with Gasteiger partial charge in [0.15, 0.2) is 0 Å². The van der Waals surface area contributed by atoms with Gasteiger partial charge < -0.3 is 14.4 Å². The highest BCUT2D eigenvalue weighted by atomic mass is 16.5. The lowest BCUT2D eigenvalue weighted by Crippen LogP contribution is -2.46. The molecule has 0 bridgehead atoms. The second-order valence-electron chi connectivity index (χ2n) is 6.05. The molecule has 0 aromatic heterocycles. The Hall–Kier alpha value is -2.20. The smallest absolute Gasteiger partial charge is 0.120 e. The van der Waals surface area contributed by atoms with Crippen molar-refractivity contribution in [2.75, 3.05) is 51.3 Å². The molecule has 0 unspecified atom stereocenters. The van der Waals surface area contributed by atoms with Crippen LogP contribution in [0.25, 0.3) is 0 Å². The fraction of sp³-hybridized carbons (Fsp3) is 0.400. The molecule has 0 aliphatic carbocycles. The second kappa shape index (κ2) is 8.60. The zero-order valence-corrected chi connectivity index (χ0v) is 14.4. The number of ether oxygens (including phenoxy) is 2. The lowest BCUT2D eigenvalue weighted by atomic mass is 10.2. The summed E-state index contributed by atoms with van der Waals surface area (Å²) in [6.45, 7) is 6.20. The molecule has 2 aromatic rings. The predicted molar refractivity (Wildman–Crippen MR) is 98.2 cm³/mol. The Morgan fingerprint density at radius 1 is 0.875 bits per heavy atom. The van der Waals surface area contributed by atoms with E-state index in [0.717, 1.165) is 57.3 Å². The van der Waals surface area contributed by atoms with Gasteiger partial charge in [-0.2, -0.15) is 0 Å². The summed E-state index contributed by atoms with van der Waals surface area (Å²) in [5, 5.41) is 0. The lowest BCUT2D eigenvalue weighted by Gasteiger charge is -2.36. The third kappa shape index (κ3) is 4.65. The highest BCUT2D eigenvalue weighted by Crippen LogP contribution is 2.22. The molecule has 3 rings (SSSR count). The monoisotopic (exact) mass is 326 g/mol. The van der Waals surface area contributed by atoms with E-state index >= 15 is 0 Å². The summed E-state index contributed by atoms with van der Waals surface area (Å²) in [5.74, 6) is 1.88. The van der Waals surface area contributed by atoms with E-state index in [1.54, 1.807) is 7.11 Å². The summed E-state index contributed by atoms with van der Waals surface area (Å²) in [6.07, 6.45) is 1.06. The van der Waals surface area contributed by atoms with Crippen LogP contribution in [0.15, 0.2) is 54.6 Å². The average molecular weight is 326 g/mol. The first kappa shape index (κ1) is 16.7. The Bertz CT molecular complexity index is 610. The zero-order valence-electron chi connectivity index (χ0n) is 14.4. The lowest BCUT2D eigenvalue weighted by molar-refractivity contribution is 0.224. The fourth-order valence-corrected chi connectivity index (χ4v) is 3.03. The molecule has 1 heterocycles. The molecule has 4 nitrogen and oxygen atoms in total. The molecule has 0 amide bonds. The van der Waals surface area contributed by atoms with Gasteiger partial charge in [-0.05, 0) is 30.7 Å². The quantitative estimate of drug-likeness (QED) is 0.729. The second-order valence-corrected chi connectivity index (χ2v) is 6.05. The van der Waals surface area contributed by atoms with Crippen LogP contribution in [0, 0.1) is 0 Å². The van der Waals surface area contributed by atoms with Crippen molar-refractivity contribution in [3.63, 3.8) is 0 Å². The Morgan fingerprint density at radius 2 is 1.62 bits per heavy atom. The third-order valence-corrected chi connectivity index (χ3v) is 4.42. The van der Waals surface area contributed by atoms with E-state index in [4.69, 9.17) is 9.47 Å². The molecule has 0 saturated carbocycles. The molecule has 4 heteroatoms. The highest BCUT2D eigenvalue weighted by molar-refractivity contribution is 5.51. The Balaban J connectivity index is 1.37. The molecule has 1 aliphatic heterocycles. The van der Waals surface area contributed by atoms with Crippen LogP contribution in [-0.4, -0.2) is 51.3 Å². The Kier molecular flexibility index (Phi) is 5.96. The number of piperazine rings is 1. The summed E-state index contributed by atoms with van der Waals surface area (Å²) < 4.78 is 11.1. The molecule has 128 valence electrons. The molecular formula is C20H26N2O2. The van der Waals surface area contributed by atoms with Gasteiger partial charge in [0.05, 0.1) is 13.7 Å². The molecule has 0 spiro atoms. The summed E-state index contributed by atoms with van der Waals surface area (Å²) in [5.41, 5.74) is 1.25. The van der Waals surface area contributed by atoms with E-state index in [-0.39, 0.29) is 0 Å². The van der Waals surface area contributed by atoms with Crippen molar-refractivity contribution in [1.29, 1.82) is 0 Å². The number of benzene rings is 2. The first-order valence-corrected chi connectivity index (χ1v) is 8.64. The topological polar surface area (TPSA) is 24.9 Å². The van der Waals surface area contributed by atoms with Crippen molar-refractivity contribution in [1.82, 2.24) is 4.90 Å². The fourth-order valence-electron chi connectivity index (χ4n) is 3.03. The maximum Gasteiger partial charge on any atom is 0.120 e. The molecular weight excluding hydrogens is 300 g/mol. The molecule has 1 saturated heterocycles. The number of hydrogen-bond acceptors (Lipinski definition) is 4. The average Bonchev–Trinajstić information content (AvgIpc) is 2.66. The van der Waals surface area contributed by atoms with Crippen LogP contribution in [-0.2, 0) is 0 Å². The third-order valence-electron chi connectivity index (χ3n) is 4.42. The van der Waals surface area contributed by atoms with Crippen LogP contribution in [0.4, 0.5) is 5.69 Å². The number of para-hydroxylation sites is 1. The molecule has 0 radical (unpaired) electrons. The van der Waals surface area contributed by atoms with Crippen LogP contribution < -0.4 is 14.4 Å². The van der Waals surface area contributed by atoms with Gasteiger partial charge in [0.1, 0.15) is 11.5 Å². The molecule has 0 N–H and O–H groups in total. The van der Waals surface area contributed by atoms with Gasteiger partial charge in [-0.15, -0.1) is 0 Å². The zero-order chi connectivity index (χ0) is 16.6. The molecule has 24 heavy (non-hydrogen) atoms. The largest absolute Gasteiger partial charge is 0.497 e. The molecule has 1 aliphatic rings. The van der Waals surface area contributed by atoms with Gasteiger partial charge in [0.2, 0.25) is 0 Å². The highest BCUT2D eigenvalue weighted by Gasteiger charge is 2.17. The molecule has 1 fully saturated rings. The minimum Gasteiger partial charge on any atom is -0.497 e. The van der Waals surface area contributed by atoms with Crippen molar-refractivity contribution < 1.29 is 9.47 Å². The van der Waals surface area contributed by atoms with E-state index in [2.05, 4.69) is 28.0 Å². The van der Waals surface area contributed by atoms with Crippen molar-refractivity contribution in [2.24, 2.45) is 0 Å². The van der Waals surface area contributed by atoms with E-state index < -0.39 is 0 Å². The summed E-state index contributed by atoms with van der Waals surface area (Å²) in [7, 11) is 1.72. The summed E-state index contributed by atoms with van der Waals surface area (Å²) in [4.78, 5) is 4.95. The van der Waals surface area contributed by atoms with Gasteiger partial charge >= 0.3 is 0 Å². The summed E-state index contributed by atoms with van der Waals surface area (Å²) >= 11 is 0. The van der Waals surface area contributed by atoms with Crippen molar-refractivity contribution in [3.05, 3.63) is 54.6 Å². The number of methoxy groups -OCH3 is 1. The van der Waals surface area contributed by atoms with Gasteiger partial charge in [-0.1, -0.05) is 24.3 Å². The van der Waals surface area contributed by atoms with Gasteiger partial charge in [0, 0.05) is 44.5 Å². The van der Waals surface area contributed by atoms with Crippen LogP contribution >= 0.6 is 0 Å². The first-order chi connectivity index (χ1) is 11.8. The molecule has 2 aromatic carbocycles. The number of rotatable bonds is 7. The van der Waals surface area contributed by atoms with E-state index in [1.165, 1.54) is 5.69 Å². The van der Waals surface area contributed by atoms with E-state index in [1.807, 2.05) is 36.4 Å². The van der Waals surface area contributed by atoms with Gasteiger partial charge in [0.25, 0.3) is 0 Å². The van der Waals surface area contributed by atoms with Crippen LogP contribution in [0.1, 0.15) is 6.42 Å². The predicted octanol–water partition coefficient (Wildman–Crippen LogP) is 3.29. The minimum absolute atomic E-state index is 0.778. The normalized spacial score (nSPS) is 15.3. The SMILES string of the molecule is COc1cccc(N2CCN(CCCOc3ccccc3)CC2)c1. The molecule has 0 atom stereocenters. The number of nitrogens with zero attached hydrogens (tertiary/aromatic N) is 2. The maximum atomic E-state index is 5.76. The number of hydrogen-bond donors (Lipinski definition) is 0. The Morgan fingerprint density at radius 3 is 2.38 bits per heavy atom. The first-order valence-electron chi connectivity index (χ1n) is 8.64. The summed E-state index contributed by atoms with van der Waals surface area (Å²) in [6, 6.07) is 18.4. The van der Waals surface area contributed by atoms with Crippen molar-refractivity contribution in [3.8, 4) is 11.5 Å². The number of anilines is 1. The standard InChI is InChI=1S/C20H26N2O2/c1-23-20-10-5-7-18(17-20)22-14-12-21(13-15-22)11-6-16-24-19-8-3-2-4-9-19/h2-5,7-10,17H,6,11-16H2,1H3. The van der Waals surface area contributed by atoms with Crippen LogP contribution in [0.5, 0.6) is 11.5 Å². The maximum absolute atomic E-state index is 5.76. The Labute approximate surface area is 144 Å². The van der Waals surface area contributed by atoms with E-state index in [0.29, 0.717) is 0 Å². The minimum atomic E-state index is 0.778. The van der Waals surface area contributed by atoms with E-state index in [9.17, 15) is 0 Å².